The van der Waals surface area contributed by atoms with Crippen molar-refractivity contribution < 1.29 is 23.5 Å². The lowest BCUT2D eigenvalue weighted by Crippen LogP contribution is -2.29. The third-order valence-corrected chi connectivity index (χ3v) is 2.78. The smallest absolute Gasteiger partial charge is 0.319 e. The van der Waals surface area contributed by atoms with Gasteiger partial charge in [-0.25, -0.2) is 13.6 Å². The summed E-state index contributed by atoms with van der Waals surface area (Å²) in [4.78, 5) is 21.8. The second-order valence-corrected chi connectivity index (χ2v) is 4.57. The Hall–Kier alpha value is -2.18. The summed E-state index contributed by atoms with van der Waals surface area (Å²) in [6, 6.07) is 2.62. The number of benzene rings is 1. The van der Waals surface area contributed by atoms with Crippen molar-refractivity contribution in [3.8, 4) is 0 Å². The molecule has 0 radical (unpaired) electrons. The summed E-state index contributed by atoms with van der Waals surface area (Å²) in [6.45, 7) is 0.433. The lowest BCUT2D eigenvalue weighted by atomic mass is 10.1. The number of halogens is 2. The fraction of sp³-hybridized carbons (Fsp3) is 0.429. The number of rotatable bonds is 8. The Morgan fingerprint density at radius 1 is 1.05 bits per heavy atom. The van der Waals surface area contributed by atoms with E-state index in [1.54, 1.807) is 0 Å². The van der Waals surface area contributed by atoms with Crippen LogP contribution in [-0.2, 0) is 4.79 Å². The Bertz CT molecular complexity index is 495. The number of carbonyl (C=O) groups excluding carboxylic acids is 1. The van der Waals surface area contributed by atoms with Crippen LogP contribution < -0.4 is 10.6 Å². The van der Waals surface area contributed by atoms with Gasteiger partial charge in [0.15, 0.2) is 11.6 Å². The van der Waals surface area contributed by atoms with E-state index in [4.69, 9.17) is 5.11 Å². The summed E-state index contributed by atoms with van der Waals surface area (Å²) in [5.41, 5.74) is 0.174. The first kappa shape index (κ1) is 16.9. The van der Waals surface area contributed by atoms with Crippen molar-refractivity contribution in [3.05, 3.63) is 29.8 Å². The number of hydrogen-bond donors (Lipinski definition) is 3. The first-order chi connectivity index (χ1) is 9.99. The molecule has 0 spiro atoms. The van der Waals surface area contributed by atoms with Crippen molar-refractivity contribution in [1.29, 1.82) is 0 Å². The van der Waals surface area contributed by atoms with E-state index in [0.717, 1.165) is 31.4 Å². The van der Waals surface area contributed by atoms with Gasteiger partial charge in [-0.3, -0.25) is 4.79 Å². The average molecular weight is 300 g/mol. The van der Waals surface area contributed by atoms with Crippen molar-refractivity contribution >= 4 is 17.7 Å². The highest BCUT2D eigenvalue weighted by Crippen LogP contribution is 2.12. The van der Waals surface area contributed by atoms with Gasteiger partial charge in [0.1, 0.15) is 0 Å². The molecule has 2 amide bonds. The molecule has 3 N–H and O–H groups in total. The Morgan fingerprint density at radius 3 is 2.43 bits per heavy atom. The minimum Gasteiger partial charge on any atom is -0.481 e. The van der Waals surface area contributed by atoms with Crippen LogP contribution >= 0.6 is 0 Å². The second-order valence-electron chi connectivity index (χ2n) is 4.57. The van der Waals surface area contributed by atoms with E-state index >= 15 is 0 Å². The lowest BCUT2D eigenvalue weighted by Gasteiger charge is -2.07. The van der Waals surface area contributed by atoms with Crippen LogP contribution in [0.25, 0.3) is 0 Å². The number of carboxylic acids is 1. The molecule has 0 fully saturated rings. The molecule has 0 aliphatic heterocycles. The monoisotopic (exact) mass is 300 g/mol. The van der Waals surface area contributed by atoms with Gasteiger partial charge in [0.25, 0.3) is 0 Å². The number of aliphatic carboxylic acids is 1. The zero-order valence-corrected chi connectivity index (χ0v) is 11.5. The summed E-state index contributed by atoms with van der Waals surface area (Å²) in [5.74, 6) is -2.80. The van der Waals surface area contributed by atoms with Crippen LogP contribution in [0.5, 0.6) is 0 Å². The van der Waals surface area contributed by atoms with Crippen LogP contribution in [0, 0.1) is 11.6 Å². The minimum absolute atomic E-state index is 0.157. The van der Waals surface area contributed by atoms with E-state index in [0.29, 0.717) is 13.0 Å². The van der Waals surface area contributed by atoms with E-state index in [9.17, 15) is 18.4 Å². The molecule has 21 heavy (non-hydrogen) atoms. The van der Waals surface area contributed by atoms with Crippen LogP contribution in [0.2, 0.25) is 0 Å². The third-order valence-electron chi connectivity index (χ3n) is 2.78. The maximum absolute atomic E-state index is 12.9. The molecule has 0 saturated heterocycles. The number of carbonyl (C=O) groups is 2. The van der Waals surface area contributed by atoms with Gasteiger partial charge in [-0.2, -0.15) is 0 Å². The second kappa shape index (κ2) is 8.89. The fourth-order valence-electron chi connectivity index (χ4n) is 1.71. The topological polar surface area (TPSA) is 78.4 Å². The lowest BCUT2D eigenvalue weighted by molar-refractivity contribution is -0.137. The largest absolute Gasteiger partial charge is 0.481 e. The molecule has 116 valence electrons. The number of urea groups is 1. The van der Waals surface area contributed by atoms with E-state index in [2.05, 4.69) is 10.6 Å². The zero-order valence-electron chi connectivity index (χ0n) is 11.5. The van der Waals surface area contributed by atoms with Crippen molar-refractivity contribution in [2.24, 2.45) is 0 Å². The van der Waals surface area contributed by atoms with Gasteiger partial charge in [-0.05, 0) is 25.0 Å². The van der Waals surface area contributed by atoms with E-state index in [1.165, 1.54) is 6.07 Å². The summed E-state index contributed by atoms with van der Waals surface area (Å²) < 4.78 is 25.6. The standard InChI is InChI=1S/C14H18F2N2O3/c15-11-7-6-10(9-12(11)16)18-14(21)17-8-4-2-1-3-5-13(19)20/h6-7,9H,1-5,8H2,(H,19,20)(H2,17,18,21). The molecule has 5 nitrogen and oxygen atoms in total. The third kappa shape index (κ3) is 7.24. The van der Waals surface area contributed by atoms with Gasteiger partial charge in [0.05, 0.1) is 0 Å². The van der Waals surface area contributed by atoms with Gasteiger partial charge < -0.3 is 15.7 Å². The van der Waals surface area contributed by atoms with Crippen LogP contribution in [0.3, 0.4) is 0 Å². The minimum atomic E-state index is -1.02. The molecule has 0 atom stereocenters. The molecular weight excluding hydrogens is 282 g/mol. The number of unbranched alkanes of at least 4 members (excludes halogenated alkanes) is 3. The Kier molecular flexibility index (Phi) is 7.14. The van der Waals surface area contributed by atoms with E-state index in [1.807, 2.05) is 0 Å². The van der Waals surface area contributed by atoms with Crippen molar-refractivity contribution in [2.75, 3.05) is 11.9 Å². The number of nitrogens with one attached hydrogen (secondary N) is 2. The Balaban J connectivity index is 2.14. The molecule has 0 bridgehead atoms. The van der Waals surface area contributed by atoms with Crippen LogP contribution in [0.4, 0.5) is 19.3 Å². The molecule has 0 unspecified atom stereocenters. The molecule has 0 aromatic heterocycles. The number of amides is 2. The molecule has 0 aliphatic carbocycles. The highest BCUT2D eigenvalue weighted by molar-refractivity contribution is 5.89. The van der Waals surface area contributed by atoms with Gasteiger partial charge in [-0.1, -0.05) is 12.8 Å². The van der Waals surface area contributed by atoms with Crippen LogP contribution in [-0.4, -0.2) is 23.7 Å². The maximum Gasteiger partial charge on any atom is 0.319 e. The molecule has 0 heterocycles. The first-order valence-electron chi connectivity index (χ1n) is 6.70. The van der Waals surface area contributed by atoms with Gasteiger partial charge in [0.2, 0.25) is 0 Å². The number of anilines is 1. The van der Waals surface area contributed by atoms with Crippen molar-refractivity contribution in [3.63, 3.8) is 0 Å². The molecule has 1 rings (SSSR count). The first-order valence-corrected chi connectivity index (χ1v) is 6.70. The molecule has 0 saturated carbocycles. The highest BCUT2D eigenvalue weighted by Gasteiger charge is 2.05. The molecule has 1 aromatic carbocycles. The average Bonchev–Trinajstić information content (AvgIpc) is 2.41. The van der Waals surface area contributed by atoms with Crippen LogP contribution in [0.1, 0.15) is 32.1 Å². The van der Waals surface area contributed by atoms with Gasteiger partial charge in [-0.15, -0.1) is 0 Å². The number of hydrogen-bond acceptors (Lipinski definition) is 2. The molecular formula is C14H18F2N2O3. The molecule has 7 heteroatoms. The van der Waals surface area contributed by atoms with Crippen molar-refractivity contribution in [2.45, 2.75) is 32.1 Å². The normalized spacial score (nSPS) is 10.2. The predicted molar refractivity (Wildman–Crippen MR) is 74.1 cm³/mol. The van der Waals surface area contributed by atoms with Gasteiger partial charge >= 0.3 is 12.0 Å². The van der Waals surface area contributed by atoms with Crippen molar-refractivity contribution in [1.82, 2.24) is 5.32 Å². The van der Waals surface area contributed by atoms with Crippen LogP contribution in [0.15, 0.2) is 18.2 Å². The quantitative estimate of drug-likeness (QED) is 0.645. The molecule has 1 aromatic rings. The summed E-state index contributed by atoms with van der Waals surface area (Å²) in [6.07, 6.45) is 3.11. The van der Waals surface area contributed by atoms with Gasteiger partial charge in [0, 0.05) is 24.7 Å². The summed E-state index contributed by atoms with van der Waals surface area (Å²) in [5, 5.41) is 13.4. The summed E-state index contributed by atoms with van der Waals surface area (Å²) >= 11 is 0. The highest BCUT2D eigenvalue weighted by atomic mass is 19.2. The SMILES string of the molecule is O=C(O)CCCCCCNC(=O)Nc1ccc(F)c(F)c1. The fourth-order valence-corrected chi connectivity index (χ4v) is 1.71. The Morgan fingerprint density at radius 2 is 1.76 bits per heavy atom. The summed E-state index contributed by atoms with van der Waals surface area (Å²) in [7, 11) is 0. The number of carboxylic acid groups (broad SMARTS) is 1. The maximum atomic E-state index is 12.9. The van der Waals surface area contributed by atoms with E-state index in [-0.39, 0.29) is 12.1 Å². The Labute approximate surface area is 121 Å². The molecule has 0 aliphatic rings. The zero-order chi connectivity index (χ0) is 15.7. The van der Waals surface area contributed by atoms with E-state index < -0.39 is 23.6 Å². The predicted octanol–water partition coefficient (Wildman–Crippen LogP) is 3.12.